The van der Waals surface area contributed by atoms with E-state index in [4.69, 9.17) is 0 Å². The molecule has 3 aliphatic rings. The maximum Gasteiger partial charge on any atom is 0.0465 e. The molecule has 312 valence electrons. The Morgan fingerprint density at radius 3 is 1.63 bits per heavy atom. The summed E-state index contributed by atoms with van der Waals surface area (Å²) in [6.45, 7) is 4.77. The van der Waals surface area contributed by atoms with Gasteiger partial charge in [0.05, 0.1) is 0 Å². The molecule has 13 rings (SSSR count). The van der Waals surface area contributed by atoms with E-state index in [0.29, 0.717) is 0 Å². The highest BCUT2D eigenvalue weighted by atomic mass is 32.1. The van der Waals surface area contributed by atoms with Crippen LogP contribution in [-0.2, 0) is 10.8 Å². The van der Waals surface area contributed by atoms with E-state index in [1.165, 1.54) is 136 Å². The fourth-order valence-electron chi connectivity index (χ4n) is 12.4. The fraction of sp³-hybridized carbons (Fsp3) is 0.143. The molecule has 1 fully saturated rings. The third-order valence-electron chi connectivity index (χ3n) is 15.3. The summed E-state index contributed by atoms with van der Waals surface area (Å²) >= 11 is 1.88. The molecule has 2 heteroatoms. The van der Waals surface area contributed by atoms with E-state index in [-0.39, 0.29) is 10.8 Å². The first-order chi connectivity index (χ1) is 32.0. The van der Waals surface area contributed by atoms with Gasteiger partial charge in [0.15, 0.2) is 0 Å². The van der Waals surface area contributed by atoms with Crippen molar-refractivity contribution >= 4 is 48.6 Å². The van der Waals surface area contributed by atoms with Gasteiger partial charge in [0.2, 0.25) is 0 Å². The number of nitrogens with zero attached hydrogens (tertiary/aromatic N) is 1. The van der Waals surface area contributed by atoms with E-state index in [0.717, 1.165) is 11.4 Å². The normalized spacial score (nSPS) is 15.2. The lowest BCUT2D eigenvalue weighted by Gasteiger charge is -2.36. The number of anilines is 3. The smallest absolute Gasteiger partial charge is 0.0465 e. The molecule has 0 saturated heterocycles. The molecule has 0 N–H and O–H groups in total. The van der Waals surface area contributed by atoms with Crippen molar-refractivity contribution < 1.29 is 0 Å². The van der Waals surface area contributed by atoms with Gasteiger partial charge in [-0.3, -0.25) is 0 Å². The second-order valence-electron chi connectivity index (χ2n) is 19.1. The summed E-state index contributed by atoms with van der Waals surface area (Å²) < 4.78 is 2.66. The van der Waals surface area contributed by atoms with Gasteiger partial charge >= 0.3 is 0 Å². The highest BCUT2D eigenvalue weighted by Crippen LogP contribution is 2.57. The number of benzene rings is 9. The van der Waals surface area contributed by atoms with E-state index in [1.54, 1.807) is 0 Å². The summed E-state index contributed by atoms with van der Waals surface area (Å²) in [5.41, 5.74) is 22.4. The van der Waals surface area contributed by atoms with Gasteiger partial charge in [-0.15, -0.1) is 11.3 Å². The van der Waals surface area contributed by atoms with Crippen LogP contribution in [0, 0.1) is 0 Å². The van der Waals surface area contributed by atoms with Crippen LogP contribution in [0.2, 0.25) is 0 Å². The molecule has 3 aliphatic carbocycles. The van der Waals surface area contributed by atoms with Crippen molar-refractivity contribution in [2.45, 2.75) is 56.8 Å². The molecule has 0 atom stereocenters. The summed E-state index contributed by atoms with van der Waals surface area (Å²) in [6, 6.07) is 75.7. The predicted octanol–water partition coefficient (Wildman–Crippen LogP) is 18.1. The summed E-state index contributed by atoms with van der Waals surface area (Å²) in [6.07, 6.45) is 6.28. The lowest BCUT2D eigenvalue weighted by Crippen LogP contribution is -2.28. The molecule has 0 aliphatic heterocycles. The summed E-state index contributed by atoms with van der Waals surface area (Å²) in [4.78, 5) is 2.49. The molecule has 1 spiro atoms. The third-order valence-corrected chi connectivity index (χ3v) is 16.4. The number of rotatable bonds is 6. The molecule has 0 bridgehead atoms. The van der Waals surface area contributed by atoms with Crippen molar-refractivity contribution in [1.29, 1.82) is 0 Å². The maximum atomic E-state index is 2.55. The van der Waals surface area contributed by atoms with Crippen LogP contribution >= 0.6 is 11.3 Å². The summed E-state index contributed by atoms with van der Waals surface area (Å²) in [5, 5.41) is 2.68. The van der Waals surface area contributed by atoms with Crippen molar-refractivity contribution in [3.8, 4) is 55.6 Å². The first kappa shape index (κ1) is 38.5. The lowest BCUT2D eigenvalue weighted by atomic mass is 9.68. The zero-order chi connectivity index (χ0) is 43.3. The molecule has 9 aromatic carbocycles. The van der Waals surface area contributed by atoms with Crippen molar-refractivity contribution in [1.82, 2.24) is 0 Å². The summed E-state index contributed by atoms with van der Waals surface area (Å²) in [5.74, 6) is 0. The minimum atomic E-state index is -0.104. The molecule has 0 radical (unpaired) electrons. The van der Waals surface area contributed by atoms with Gasteiger partial charge in [0, 0.05) is 48.1 Å². The Labute approximate surface area is 386 Å². The number of thiophene rings is 1. The van der Waals surface area contributed by atoms with Gasteiger partial charge in [-0.25, -0.2) is 0 Å². The Kier molecular flexibility index (Phi) is 8.74. The number of fused-ring (bicyclic) bond motifs is 11. The molecule has 10 aromatic rings. The van der Waals surface area contributed by atoms with E-state index < -0.39 is 0 Å². The molecule has 1 aromatic heterocycles. The predicted molar refractivity (Wildman–Crippen MR) is 277 cm³/mol. The van der Waals surface area contributed by atoms with Crippen LogP contribution in [0.5, 0.6) is 0 Å². The number of hydrogen-bond donors (Lipinski definition) is 0. The van der Waals surface area contributed by atoms with Gasteiger partial charge in [0.1, 0.15) is 0 Å². The Hall–Kier alpha value is -7.00. The van der Waals surface area contributed by atoms with Gasteiger partial charge in [-0.2, -0.15) is 0 Å². The quantitative estimate of drug-likeness (QED) is 0.161. The minimum absolute atomic E-state index is 0.0683. The van der Waals surface area contributed by atoms with Gasteiger partial charge in [-0.1, -0.05) is 185 Å². The van der Waals surface area contributed by atoms with Crippen LogP contribution in [0.3, 0.4) is 0 Å². The van der Waals surface area contributed by atoms with Gasteiger partial charge in [-0.05, 0) is 139 Å². The standard InChI is InChI=1S/C63H49NS/c1-62(2)55-24-9-6-19-50(55)53-23-14-22-52(61(53)62)48-17-5-4-16-46(48)41-28-32-43(33-29-41)64(45-36-37-51-49-18-7-10-25-56(49)63(57(51)40-45)38-12-3-13-39-63)44-34-30-42(31-35-44)47-21-15-27-59-60(47)54-20-8-11-26-58(54)65-59/h4-11,14-37,40H,3,12-13,38-39H2,1-2H3. The molecular weight excluding hydrogens is 803 g/mol. The Bertz CT molecular complexity index is 3490. The van der Waals surface area contributed by atoms with Crippen LogP contribution in [0.25, 0.3) is 75.8 Å². The van der Waals surface area contributed by atoms with E-state index in [9.17, 15) is 0 Å². The van der Waals surface area contributed by atoms with Gasteiger partial charge in [0.25, 0.3) is 0 Å². The second-order valence-corrected chi connectivity index (χ2v) is 20.2. The molecule has 0 amide bonds. The Morgan fingerprint density at radius 2 is 0.892 bits per heavy atom. The fourth-order valence-corrected chi connectivity index (χ4v) is 13.5. The van der Waals surface area contributed by atoms with Crippen LogP contribution in [0.15, 0.2) is 200 Å². The lowest BCUT2D eigenvalue weighted by molar-refractivity contribution is 0.353. The largest absolute Gasteiger partial charge is 0.310 e. The van der Waals surface area contributed by atoms with Crippen molar-refractivity contribution in [2.24, 2.45) is 0 Å². The molecule has 0 unspecified atom stereocenters. The monoisotopic (exact) mass is 851 g/mol. The molecule has 1 heterocycles. The zero-order valence-electron chi connectivity index (χ0n) is 36.9. The minimum Gasteiger partial charge on any atom is -0.310 e. The first-order valence-corrected chi connectivity index (χ1v) is 24.3. The highest BCUT2D eigenvalue weighted by Gasteiger charge is 2.44. The van der Waals surface area contributed by atoms with Crippen molar-refractivity contribution in [2.75, 3.05) is 4.90 Å². The SMILES string of the molecule is CC1(C)c2ccccc2-c2cccc(-c3ccccc3-c3ccc(N(c4ccc(-c5cccc6sc7ccccc7c56)cc4)c4ccc5c(c4)C4(CCCCC4)c4ccccc4-5)cc3)c21. The van der Waals surface area contributed by atoms with E-state index >= 15 is 0 Å². The molecular formula is C63H49NS. The first-order valence-electron chi connectivity index (χ1n) is 23.5. The van der Waals surface area contributed by atoms with Crippen molar-refractivity contribution in [3.05, 3.63) is 222 Å². The topological polar surface area (TPSA) is 3.24 Å². The highest BCUT2D eigenvalue weighted by molar-refractivity contribution is 7.25. The average Bonchev–Trinajstić information content (AvgIpc) is 3.96. The van der Waals surface area contributed by atoms with Crippen LogP contribution in [0.4, 0.5) is 17.1 Å². The molecule has 1 nitrogen and oxygen atoms in total. The maximum absolute atomic E-state index is 2.55. The zero-order valence-corrected chi connectivity index (χ0v) is 37.8. The number of hydrogen-bond acceptors (Lipinski definition) is 2. The van der Waals surface area contributed by atoms with E-state index in [2.05, 4.69) is 219 Å². The van der Waals surface area contributed by atoms with E-state index in [1.807, 2.05) is 11.3 Å². The third kappa shape index (κ3) is 5.83. The Balaban J connectivity index is 0.936. The van der Waals surface area contributed by atoms with Crippen molar-refractivity contribution in [3.63, 3.8) is 0 Å². The van der Waals surface area contributed by atoms with Gasteiger partial charge < -0.3 is 4.90 Å². The molecule has 65 heavy (non-hydrogen) atoms. The summed E-state index contributed by atoms with van der Waals surface area (Å²) in [7, 11) is 0. The Morgan fingerprint density at radius 1 is 0.385 bits per heavy atom. The molecule has 1 saturated carbocycles. The van der Waals surface area contributed by atoms with Crippen LogP contribution in [-0.4, -0.2) is 0 Å². The second kappa shape index (κ2) is 14.8. The average molecular weight is 852 g/mol. The van der Waals surface area contributed by atoms with Crippen LogP contribution < -0.4 is 4.90 Å². The van der Waals surface area contributed by atoms with Crippen LogP contribution in [0.1, 0.15) is 68.2 Å².